The summed E-state index contributed by atoms with van der Waals surface area (Å²) in [6.07, 6.45) is 2.44. The Kier molecular flexibility index (Phi) is 7.15. The van der Waals surface area contributed by atoms with Crippen molar-refractivity contribution in [3.63, 3.8) is 0 Å². The molecule has 0 saturated carbocycles. The highest BCUT2D eigenvalue weighted by Crippen LogP contribution is 2.32. The van der Waals surface area contributed by atoms with Crippen molar-refractivity contribution in [2.45, 2.75) is 6.10 Å². The van der Waals surface area contributed by atoms with E-state index < -0.39 is 18.5 Å². The molecule has 1 aliphatic heterocycles. The lowest BCUT2D eigenvalue weighted by atomic mass is 10.1. The van der Waals surface area contributed by atoms with Crippen LogP contribution in [0, 0.1) is 0 Å². The van der Waals surface area contributed by atoms with Crippen LogP contribution in [0.15, 0.2) is 48.5 Å². The summed E-state index contributed by atoms with van der Waals surface area (Å²) in [6, 6.07) is 12.6. The first-order valence-electron chi connectivity index (χ1n) is 9.31. The molecule has 1 aliphatic rings. The zero-order valence-electron chi connectivity index (χ0n) is 16.8. The van der Waals surface area contributed by atoms with Gasteiger partial charge >= 0.3 is 5.97 Å². The van der Waals surface area contributed by atoms with Crippen molar-refractivity contribution in [1.29, 1.82) is 0 Å². The van der Waals surface area contributed by atoms with Crippen LogP contribution in [-0.2, 0) is 14.3 Å². The van der Waals surface area contributed by atoms with Crippen LogP contribution in [0.25, 0.3) is 6.08 Å². The molecule has 0 spiro atoms. The average molecular weight is 413 g/mol. The lowest BCUT2D eigenvalue weighted by Crippen LogP contribution is -2.42. The van der Waals surface area contributed by atoms with E-state index in [2.05, 4.69) is 5.32 Å². The van der Waals surface area contributed by atoms with Gasteiger partial charge in [-0.3, -0.25) is 4.79 Å². The lowest BCUT2D eigenvalue weighted by molar-refractivity contribution is -0.143. The van der Waals surface area contributed by atoms with E-state index in [-0.39, 0.29) is 12.6 Å². The number of nitrogens with one attached hydrogen (secondary N) is 1. The summed E-state index contributed by atoms with van der Waals surface area (Å²) in [7, 11) is 3.04. The van der Waals surface area contributed by atoms with E-state index in [1.54, 1.807) is 24.3 Å². The van der Waals surface area contributed by atoms with Crippen LogP contribution in [0.2, 0.25) is 0 Å². The molecule has 0 aromatic heterocycles. The molecule has 0 radical (unpaired) electrons. The predicted octanol–water partition coefficient (Wildman–Crippen LogP) is 2.22. The molecule has 3 rings (SSSR count). The smallest absolute Gasteiger partial charge is 0.331 e. The molecule has 158 valence electrons. The average Bonchev–Trinajstić information content (AvgIpc) is 2.79. The van der Waals surface area contributed by atoms with Gasteiger partial charge in [-0.05, 0) is 24.3 Å². The number of carbonyl (C=O) groups excluding carboxylic acids is 2. The number of ether oxygens (including phenoxy) is 5. The zero-order valence-corrected chi connectivity index (χ0v) is 16.8. The molecule has 30 heavy (non-hydrogen) atoms. The van der Waals surface area contributed by atoms with E-state index in [9.17, 15) is 9.59 Å². The van der Waals surface area contributed by atoms with Crippen molar-refractivity contribution in [1.82, 2.24) is 5.32 Å². The van der Waals surface area contributed by atoms with Crippen molar-refractivity contribution in [3.8, 4) is 23.0 Å². The van der Waals surface area contributed by atoms with Gasteiger partial charge in [0.1, 0.15) is 12.7 Å². The number of fused-ring (bicyclic) bond motifs is 1. The van der Waals surface area contributed by atoms with Crippen LogP contribution < -0.4 is 24.3 Å². The SMILES string of the molecule is COc1cccc(/C=C/C(=O)OCC(=O)NC[C@@H]2COc3ccccc3O2)c1OC. The molecule has 0 bridgehead atoms. The van der Waals surface area contributed by atoms with Crippen LogP contribution >= 0.6 is 0 Å². The number of para-hydroxylation sites is 3. The molecule has 0 aliphatic carbocycles. The third kappa shape index (κ3) is 5.44. The van der Waals surface area contributed by atoms with E-state index in [1.807, 2.05) is 18.2 Å². The molecule has 0 fully saturated rings. The van der Waals surface area contributed by atoms with Crippen LogP contribution in [0.4, 0.5) is 0 Å². The largest absolute Gasteiger partial charge is 0.493 e. The van der Waals surface area contributed by atoms with E-state index >= 15 is 0 Å². The molecule has 1 heterocycles. The summed E-state index contributed by atoms with van der Waals surface area (Å²) in [5, 5.41) is 2.66. The Balaban J connectivity index is 1.43. The zero-order chi connectivity index (χ0) is 21.3. The lowest BCUT2D eigenvalue weighted by Gasteiger charge is -2.26. The molecular formula is C22H23NO7. The van der Waals surface area contributed by atoms with E-state index in [0.717, 1.165) is 0 Å². The van der Waals surface area contributed by atoms with Crippen LogP contribution in [-0.4, -0.2) is 52.0 Å². The topological polar surface area (TPSA) is 92.3 Å². The Morgan fingerprint density at radius 2 is 1.90 bits per heavy atom. The van der Waals surface area contributed by atoms with Gasteiger partial charge in [-0.15, -0.1) is 0 Å². The maximum absolute atomic E-state index is 11.9. The minimum atomic E-state index is -0.652. The van der Waals surface area contributed by atoms with Gasteiger partial charge < -0.3 is 29.0 Å². The first-order valence-corrected chi connectivity index (χ1v) is 9.31. The Bertz CT molecular complexity index is 925. The maximum atomic E-state index is 11.9. The first-order chi connectivity index (χ1) is 14.6. The summed E-state index contributed by atoms with van der Waals surface area (Å²) in [4.78, 5) is 23.9. The Morgan fingerprint density at radius 3 is 2.67 bits per heavy atom. The number of carbonyl (C=O) groups is 2. The molecule has 0 unspecified atom stereocenters. The number of methoxy groups -OCH3 is 2. The number of hydrogen-bond acceptors (Lipinski definition) is 7. The van der Waals surface area contributed by atoms with Crippen molar-refractivity contribution >= 4 is 18.0 Å². The minimum Gasteiger partial charge on any atom is -0.493 e. The summed E-state index contributed by atoms with van der Waals surface area (Å²) in [6.45, 7) is 0.159. The minimum absolute atomic E-state index is 0.238. The van der Waals surface area contributed by atoms with Crippen LogP contribution in [0.1, 0.15) is 5.56 Å². The van der Waals surface area contributed by atoms with Crippen molar-refractivity contribution in [3.05, 3.63) is 54.1 Å². The van der Waals surface area contributed by atoms with Crippen LogP contribution in [0.5, 0.6) is 23.0 Å². The fourth-order valence-electron chi connectivity index (χ4n) is 2.83. The quantitative estimate of drug-likeness (QED) is 0.524. The van der Waals surface area contributed by atoms with Gasteiger partial charge in [0.25, 0.3) is 5.91 Å². The van der Waals surface area contributed by atoms with Gasteiger partial charge in [-0.25, -0.2) is 4.79 Å². The highest BCUT2D eigenvalue weighted by Gasteiger charge is 2.21. The third-order valence-corrected chi connectivity index (χ3v) is 4.27. The second-order valence-electron chi connectivity index (χ2n) is 6.33. The van der Waals surface area contributed by atoms with E-state index in [4.69, 9.17) is 23.7 Å². The normalized spacial score (nSPS) is 14.8. The van der Waals surface area contributed by atoms with Crippen LogP contribution in [0.3, 0.4) is 0 Å². The Morgan fingerprint density at radius 1 is 1.10 bits per heavy atom. The molecule has 2 aromatic rings. The van der Waals surface area contributed by atoms with E-state index in [1.165, 1.54) is 26.4 Å². The molecule has 0 saturated heterocycles. The van der Waals surface area contributed by atoms with Crippen molar-refractivity contribution in [2.75, 3.05) is 34.0 Å². The molecule has 2 aromatic carbocycles. The van der Waals surface area contributed by atoms with Gasteiger partial charge in [-0.1, -0.05) is 24.3 Å². The number of benzene rings is 2. The van der Waals surface area contributed by atoms with Crippen molar-refractivity contribution < 1.29 is 33.3 Å². The summed E-state index contributed by atoms with van der Waals surface area (Å²) in [5.41, 5.74) is 0.646. The molecule has 8 nitrogen and oxygen atoms in total. The fourth-order valence-corrected chi connectivity index (χ4v) is 2.83. The Hall–Kier alpha value is -3.68. The fraction of sp³-hybridized carbons (Fsp3) is 0.273. The first kappa shape index (κ1) is 21.0. The standard InChI is InChI=1S/C22H23NO7/c1-26-19-9-5-6-15(22(19)27-2)10-11-21(25)29-14-20(24)23-12-16-13-28-17-7-3-4-8-18(17)30-16/h3-11,16H,12-14H2,1-2H3,(H,23,24)/b11-10+/t16-/m1/s1. The number of esters is 1. The molecule has 1 amide bonds. The van der Waals surface area contributed by atoms with Gasteiger partial charge in [0.2, 0.25) is 0 Å². The highest BCUT2D eigenvalue weighted by atomic mass is 16.6. The number of amides is 1. The molecule has 1 N–H and O–H groups in total. The van der Waals surface area contributed by atoms with Crippen molar-refractivity contribution in [2.24, 2.45) is 0 Å². The highest BCUT2D eigenvalue weighted by molar-refractivity contribution is 5.89. The monoisotopic (exact) mass is 413 g/mol. The molecule has 1 atom stereocenters. The van der Waals surface area contributed by atoms with Gasteiger partial charge in [0.15, 0.2) is 29.6 Å². The van der Waals surface area contributed by atoms with Gasteiger partial charge in [0, 0.05) is 11.6 Å². The van der Waals surface area contributed by atoms with Gasteiger partial charge in [-0.2, -0.15) is 0 Å². The van der Waals surface area contributed by atoms with Gasteiger partial charge in [0.05, 0.1) is 20.8 Å². The number of rotatable bonds is 8. The summed E-state index contributed by atoms with van der Waals surface area (Å²) >= 11 is 0. The maximum Gasteiger partial charge on any atom is 0.331 e. The Labute approximate surface area is 174 Å². The second kappa shape index (κ2) is 10.2. The summed E-state index contributed by atoms with van der Waals surface area (Å²) < 4.78 is 26.8. The molecular weight excluding hydrogens is 390 g/mol. The third-order valence-electron chi connectivity index (χ3n) is 4.27. The second-order valence-corrected chi connectivity index (χ2v) is 6.33. The van der Waals surface area contributed by atoms with E-state index in [0.29, 0.717) is 35.2 Å². The predicted molar refractivity (Wildman–Crippen MR) is 109 cm³/mol. The summed E-state index contributed by atoms with van der Waals surface area (Å²) in [5.74, 6) is 1.27. The molecule has 8 heteroatoms. The number of hydrogen-bond donors (Lipinski definition) is 1.